The van der Waals surface area contributed by atoms with Gasteiger partial charge in [-0.15, -0.1) is 11.3 Å². The van der Waals surface area contributed by atoms with Gasteiger partial charge in [0.25, 0.3) is 0 Å². The fraction of sp³-hybridized carbons (Fsp3) is 0.444. The molecule has 0 spiro atoms. The van der Waals surface area contributed by atoms with Crippen LogP contribution in [0.5, 0.6) is 0 Å². The molecule has 9 heteroatoms. The maximum absolute atomic E-state index is 13.3. The molecule has 0 bridgehead atoms. The Balaban J connectivity index is 1.56. The van der Waals surface area contributed by atoms with Gasteiger partial charge in [0.05, 0.1) is 12.1 Å². The normalized spacial score (nSPS) is 16.9. The maximum atomic E-state index is 13.3. The minimum atomic E-state index is -4.38. The summed E-state index contributed by atoms with van der Waals surface area (Å²) in [7, 11) is 0. The highest BCUT2D eigenvalue weighted by atomic mass is 32.1. The number of nitrogens with zero attached hydrogens (tertiary/aromatic N) is 2. The number of hydrogen-bond acceptors (Lipinski definition) is 5. The maximum Gasteiger partial charge on any atom is 0.405 e. The van der Waals surface area contributed by atoms with Crippen molar-refractivity contribution >= 4 is 17.2 Å². The van der Waals surface area contributed by atoms with Crippen LogP contribution >= 0.6 is 11.3 Å². The van der Waals surface area contributed by atoms with Gasteiger partial charge in [-0.2, -0.15) is 13.2 Å². The number of aromatic nitrogens is 1. The van der Waals surface area contributed by atoms with Gasteiger partial charge in [0.1, 0.15) is 11.0 Å². The van der Waals surface area contributed by atoms with Crippen LogP contribution in [-0.4, -0.2) is 60.7 Å². The van der Waals surface area contributed by atoms with Crippen molar-refractivity contribution in [2.24, 2.45) is 0 Å². The zero-order valence-electron chi connectivity index (χ0n) is 14.6. The summed E-state index contributed by atoms with van der Waals surface area (Å²) in [5.74, 6) is -0.454. The smallest absolute Gasteiger partial charge is 0.354 e. The molecule has 27 heavy (non-hydrogen) atoms. The second kappa shape index (κ2) is 8.81. The molecule has 1 aliphatic heterocycles. The lowest BCUT2D eigenvalue weighted by Gasteiger charge is -2.35. The molecule has 1 aliphatic rings. The summed E-state index contributed by atoms with van der Waals surface area (Å²) >= 11 is 1.41. The van der Waals surface area contributed by atoms with E-state index in [-0.39, 0.29) is 6.42 Å². The Morgan fingerprint density at radius 3 is 2.63 bits per heavy atom. The molecule has 5 nitrogen and oxygen atoms in total. The monoisotopic (exact) mass is 398 g/mol. The molecule has 1 fully saturated rings. The number of piperazine rings is 1. The first-order valence-electron chi connectivity index (χ1n) is 8.71. The number of halogens is 3. The molecule has 2 heterocycles. The number of rotatable bonds is 6. The van der Waals surface area contributed by atoms with Gasteiger partial charge in [0.15, 0.2) is 0 Å². The largest absolute Gasteiger partial charge is 0.405 e. The number of thiazole rings is 1. The molecule has 1 aromatic heterocycles. The third-order valence-electron chi connectivity index (χ3n) is 4.38. The van der Waals surface area contributed by atoms with Crippen LogP contribution < -0.4 is 10.6 Å². The van der Waals surface area contributed by atoms with Crippen LogP contribution in [0.15, 0.2) is 35.7 Å². The van der Waals surface area contributed by atoms with Gasteiger partial charge in [0.2, 0.25) is 5.91 Å². The molecule has 1 amide bonds. The van der Waals surface area contributed by atoms with Gasteiger partial charge >= 0.3 is 6.18 Å². The molecule has 1 aromatic carbocycles. The van der Waals surface area contributed by atoms with E-state index in [0.29, 0.717) is 31.9 Å². The highest BCUT2D eigenvalue weighted by molar-refractivity contribution is 7.13. The van der Waals surface area contributed by atoms with E-state index in [2.05, 4.69) is 15.6 Å². The molecule has 146 valence electrons. The van der Waals surface area contributed by atoms with E-state index in [1.165, 1.54) is 16.2 Å². The van der Waals surface area contributed by atoms with Crippen LogP contribution in [0.2, 0.25) is 0 Å². The first kappa shape index (κ1) is 19.8. The molecule has 0 saturated carbocycles. The molecule has 1 saturated heterocycles. The van der Waals surface area contributed by atoms with Crippen molar-refractivity contribution in [3.63, 3.8) is 0 Å². The number of nitrogens with one attached hydrogen (secondary N) is 2. The van der Waals surface area contributed by atoms with Crippen LogP contribution in [0.3, 0.4) is 0 Å². The molecule has 1 unspecified atom stereocenters. The van der Waals surface area contributed by atoms with Crippen molar-refractivity contribution in [1.29, 1.82) is 0 Å². The Kier molecular flexibility index (Phi) is 6.46. The molecular weight excluding hydrogens is 377 g/mol. The Morgan fingerprint density at radius 1 is 1.26 bits per heavy atom. The van der Waals surface area contributed by atoms with E-state index in [1.807, 2.05) is 30.3 Å². The lowest BCUT2D eigenvalue weighted by molar-refractivity contribution is -0.184. The zero-order chi connectivity index (χ0) is 19.3. The number of amides is 1. The number of benzene rings is 1. The van der Waals surface area contributed by atoms with Crippen molar-refractivity contribution in [2.75, 3.05) is 32.7 Å². The zero-order valence-corrected chi connectivity index (χ0v) is 15.4. The Hall–Kier alpha value is -1.97. The third kappa shape index (κ3) is 5.50. The SMILES string of the molecule is O=C(Cc1csc(-c2ccccc2)n1)NCC(N1CCNCC1)C(F)(F)F. The number of carbonyl (C=O) groups is 1. The summed E-state index contributed by atoms with van der Waals surface area (Å²) in [6.07, 6.45) is -4.42. The lowest BCUT2D eigenvalue weighted by atomic mass is 10.2. The van der Waals surface area contributed by atoms with Gasteiger partial charge in [-0.1, -0.05) is 30.3 Å². The predicted octanol–water partition coefficient (Wildman–Crippen LogP) is 2.30. The average molecular weight is 398 g/mol. The average Bonchev–Trinajstić information content (AvgIpc) is 3.11. The van der Waals surface area contributed by atoms with Gasteiger partial charge in [0, 0.05) is 43.7 Å². The summed E-state index contributed by atoms with van der Waals surface area (Å²) in [5.41, 5.74) is 1.51. The predicted molar refractivity (Wildman–Crippen MR) is 98.5 cm³/mol. The topological polar surface area (TPSA) is 57.3 Å². The van der Waals surface area contributed by atoms with E-state index in [9.17, 15) is 18.0 Å². The second-order valence-corrected chi connectivity index (χ2v) is 7.19. The van der Waals surface area contributed by atoms with Crippen LogP contribution in [0.25, 0.3) is 10.6 Å². The Morgan fingerprint density at radius 2 is 1.96 bits per heavy atom. The van der Waals surface area contributed by atoms with Crippen molar-refractivity contribution in [3.05, 3.63) is 41.4 Å². The molecule has 2 aromatic rings. The van der Waals surface area contributed by atoms with E-state index in [4.69, 9.17) is 0 Å². The summed E-state index contributed by atoms with van der Waals surface area (Å²) in [5, 5.41) is 8.01. The minimum Gasteiger partial charge on any atom is -0.354 e. The first-order valence-corrected chi connectivity index (χ1v) is 9.59. The Labute approximate surface area is 159 Å². The highest BCUT2D eigenvalue weighted by Gasteiger charge is 2.43. The summed E-state index contributed by atoms with van der Waals surface area (Å²) in [4.78, 5) is 17.9. The third-order valence-corrected chi connectivity index (χ3v) is 5.32. The van der Waals surface area contributed by atoms with E-state index in [1.54, 1.807) is 5.38 Å². The molecule has 2 N–H and O–H groups in total. The van der Waals surface area contributed by atoms with Crippen molar-refractivity contribution < 1.29 is 18.0 Å². The van der Waals surface area contributed by atoms with Gasteiger partial charge in [-0.05, 0) is 0 Å². The van der Waals surface area contributed by atoms with Crippen molar-refractivity contribution in [2.45, 2.75) is 18.6 Å². The first-order chi connectivity index (χ1) is 12.9. The summed E-state index contributed by atoms with van der Waals surface area (Å²) < 4.78 is 40.0. The standard InChI is InChI=1S/C18H21F3N4OS/c19-18(20,21)15(25-8-6-22-7-9-25)11-23-16(26)10-14-12-27-17(24-14)13-4-2-1-3-5-13/h1-5,12,15,22H,6-11H2,(H,23,26). The van der Waals surface area contributed by atoms with Crippen molar-refractivity contribution in [1.82, 2.24) is 20.5 Å². The summed E-state index contributed by atoms with van der Waals surface area (Å²) in [6.45, 7) is 1.21. The van der Waals surface area contributed by atoms with E-state index in [0.717, 1.165) is 10.6 Å². The molecule has 3 rings (SSSR count). The van der Waals surface area contributed by atoms with Gasteiger partial charge < -0.3 is 10.6 Å². The van der Waals surface area contributed by atoms with Crippen molar-refractivity contribution in [3.8, 4) is 10.6 Å². The molecule has 0 aliphatic carbocycles. The van der Waals surface area contributed by atoms with Gasteiger partial charge in [-0.25, -0.2) is 4.98 Å². The van der Waals surface area contributed by atoms with Crippen LogP contribution in [0, 0.1) is 0 Å². The molecular formula is C18H21F3N4OS. The highest BCUT2D eigenvalue weighted by Crippen LogP contribution is 2.25. The van der Waals surface area contributed by atoms with Crippen LogP contribution in [-0.2, 0) is 11.2 Å². The fourth-order valence-electron chi connectivity index (χ4n) is 2.98. The lowest BCUT2D eigenvalue weighted by Crippen LogP contribution is -2.57. The minimum absolute atomic E-state index is 0.0323. The molecule has 1 atom stereocenters. The number of alkyl halides is 3. The van der Waals surface area contributed by atoms with E-state index >= 15 is 0 Å². The number of carbonyl (C=O) groups excluding carboxylic acids is 1. The molecule has 0 radical (unpaired) electrons. The van der Waals surface area contributed by atoms with Crippen LogP contribution in [0.4, 0.5) is 13.2 Å². The Bertz CT molecular complexity index is 745. The summed E-state index contributed by atoms with van der Waals surface area (Å²) in [6, 6.07) is 7.88. The quantitative estimate of drug-likeness (QED) is 0.784. The second-order valence-electron chi connectivity index (χ2n) is 6.33. The van der Waals surface area contributed by atoms with E-state index < -0.39 is 24.7 Å². The number of hydrogen-bond donors (Lipinski definition) is 2. The van der Waals surface area contributed by atoms with Gasteiger partial charge in [-0.3, -0.25) is 9.69 Å². The fourth-order valence-corrected chi connectivity index (χ4v) is 3.81. The van der Waals surface area contributed by atoms with Crippen LogP contribution in [0.1, 0.15) is 5.69 Å².